The van der Waals surface area contributed by atoms with Crippen LogP contribution in [0.25, 0.3) is 0 Å². The zero-order valence-corrected chi connectivity index (χ0v) is 11.2. The fourth-order valence-electron chi connectivity index (χ4n) is 1.52. The maximum atomic E-state index is 13.2. The quantitative estimate of drug-likeness (QED) is 0.477. The molecule has 1 N–H and O–H groups in total. The van der Waals surface area contributed by atoms with Crippen LogP contribution in [0.5, 0.6) is 0 Å². The Morgan fingerprint density at radius 2 is 2.29 bits per heavy atom. The summed E-state index contributed by atoms with van der Waals surface area (Å²) in [5.41, 5.74) is -0.0592. The number of aromatic nitrogens is 4. The number of hydrogen-bond donors (Lipinski definition) is 1. The molecule has 0 fully saturated rings. The van der Waals surface area contributed by atoms with Crippen LogP contribution in [-0.2, 0) is 17.1 Å². The molecule has 11 heteroatoms. The summed E-state index contributed by atoms with van der Waals surface area (Å²) >= 11 is 0.981. The minimum atomic E-state index is -1.12. The number of carboxylic acid groups (broad SMARTS) is 1. The topological polar surface area (TPSA) is 124 Å². The highest BCUT2D eigenvalue weighted by molar-refractivity contribution is 7.98. The lowest BCUT2D eigenvalue weighted by Gasteiger charge is -2.03. The standard InChI is InChI=1S/C10H8FN5O4S/c11-7-1-2-8(16(19)20)6(3-7)5-21-10-12-13-14-15(10)4-9(17)18/h1-3H,4-5H2,(H,17,18). The highest BCUT2D eigenvalue weighted by Crippen LogP contribution is 2.27. The lowest BCUT2D eigenvalue weighted by atomic mass is 10.2. The largest absolute Gasteiger partial charge is 0.480 e. The first-order valence-electron chi connectivity index (χ1n) is 5.51. The van der Waals surface area contributed by atoms with Gasteiger partial charge in [0.2, 0.25) is 5.16 Å². The number of carboxylic acids is 1. The van der Waals surface area contributed by atoms with E-state index in [1.54, 1.807) is 0 Å². The van der Waals surface area contributed by atoms with E-state index in [-0.39, 0.29) is 22.2 Å². The van der Waals surface area contributed by atoms with Crippen LogP contribution in [0.4, 0.5) is 10.1 Å². The van der Waals surface area contributed by atoms with Gasteiger partial charge in [0.15, 0.2) is 0 Å². The van der Waals surface area contributed by atoms with Crippen molar-refractivity contribution >= 4 is 23.4 Å². The van der Waals surface area contributed by atoms with Gasteiger partial charge >= 0.3 is 5.97 Å². The molecule has 0 saturated carbocycles. The first-order chi connectivity index (χ1) is 9.97. The van der Waals surface area contributed by atoms with E-state index in [2.05, 4.69) is 15.5 Å². The van der Waals surface area contributed by atoms with Gasteiger partial charge in [-0.3, -0.25) is 14.9 Å². The zero-order chi connectivity index (χ0) is 15.4. The van der Waals surface area contributed by atoms with Gasteiger partial charge in [-0.1, -0.05) is 11.8 Å². The Kier molecular flexibility index (Phi) is 4.42. The first kappa shape index (κ1) is 14.8. The average molecular weight is 313 g/mol. The molecule has 0 atom stereocenters. The summed E-state index contributed by atoms with van der Waals surface area (Å²) in [5, 5.41) is 30.2. The van der Waals surface area contributed by atoms with Crippen molar-refractivity contribution in [2.45, 2.75) is 17.5 Å². The number of rotatable bonds is 6. The van der Waals surface area contributed by atoms with Crippen molar-refractivity contribution in [3.63, 3.8) is 0 Å². The summed E-state index contributed by atoms with van der Waals surface area (Å²) < 4.78 is 14.2. The molecule has 0 aliphatic carbocycles. The van der Waals surface area contributed by atoms with Gasteiger partial charge in [0.25, 0.3) is 5.69 Å². The SMILES string of the molecule is O=C(O)Cn1nnnc1SCc1cc(F)ccc1[N+](=O)[O-]. The Balaban J connectivity index is 2.17. The van der Waals surface area contributed by atoms with Crippen molar-refractivity contribution in [3.8, 4) is 0 Å². The molecule has 1 aromatic heterocycles. The number of benzene rings is 1. The molecule has 1 heterocycles. The van der Waals surface area contributed by atoms with Crippen molar-refractivity contribution < 1.29 is 19.2 Å². The molecule has 0 aliphatic heterocycles. The lowest BCUT2D eigenvalue weighted by Crippen LogP contribution is -2.11. The Hall–Kier alpha value is -2.56. The van der Waals surface area contributed by atoms with E-state index < -0.39 is 23.3 Å². The molecule has 2 rings (SSSR count). The van der Waals surface area contributed by atoms with Gasteiger partial charge in [-0.2, -0.15) is 0 Å². The number of aliphatic carboxylic acids is 1. The maximum Gasteiger partial charge on any atom is 0.325 e. The van der Waals surface area contributed by atoms with E-state index in [1.165, 1.54) is 0 Å². The van der Waals surface area contributed by atoms with Crippen LogP contribution in [0.15, 0.2) is 23.4 Å². The first-order valence-corrected chi connectivity index (χ1v) is 6.49. The van der Waals surface area contributed by atoms with Crippen molar-refractivity contribution in [2.75, 3.05) is 0 Å². The molecule has 21 heavy (non-hydrogen) atoms. The number of carbonyl (C=O) groups is 1. The van der Waals surface area contributed by atoms with Crippen LogP contribution in [0.3, 0.4) is 0 Å². The summed E-state index contributed by atoms with van der Waals surface area (Å²) in [4.78, 5) is 20.9. The average Bonchev–Trinajstić information content (AvgIpc) is 2.82. The van der Waals surface area contributed by atoms with E-state index in [0.717, 1.165) is 34.6 Å². The molecule has 2 aromatic rings. The highest BCUT2D eigenvalue weighted by Gasteiger charge is 2.17. The predicted octanol–water partition coefficient (Wildman–Crippen LogP) is 1.10. The van der Waals surface area contributed by atoms with Crippen LogP contribution in [-0.4, -0.2) is 36.2 Å². The third kappa shape index (κ3) is 3.72. The van der Waals surface area contributed by atoms with Crippen LogP contribution in [0.1, 0.15) is 5.56 Å². The highest BCUT2D eigenvalue weighted by atomic mass is 32.2. The van der Waals surface area contributed by atoms with Crippen LogP contribution in [0, 0.1) is 15.9 Å². The molecule has 0 amide bonds. The molecule has 0 bridgehead atoms. The van der Waals surface area contributed by atoms with Crippen LogP contribution in [0.2, 0.25) is 0 Å². The smallest absolute Gasteiger partial charge is 0.325 e. The number of nitrogens with zero attached hydrogens (tertiary/aromatic N) is 5. The van der Waals surface area contributed by atoms with Crippen molar-refractivity contribution in [2.24, 2.45) is 0 Å². The van der Waals surface area contributed by atoms with E-state index in [0.29, 0.717) is 0 Å². The number of tetrazole rings is 1. The number of halogens is 1. The Bertz CT molecular complexity index is 692. The summed E-state index contributed by atoms with van der Waals surface area (Å²) in [6.07, 6.45) is 0. The van der Waals surface area contributed by atoms with Gasteiger partial charge < -0.3 is 5.11 Å². The van der Waals surface area contributed by atoms with Gasteiger partial charge in [-0.05, 0) is 22.6 Å². The molecule has 1 aromatic carbocycles. The molecular formula is C10H8FN5O4S. The maximum absolute atomic E-state index is 13.2. The van der Waals surface area contributed by atoms with Crippen molar-refractivity contribution in [3.05, 3.63) is 39.7 Å². The van der Waals surface area contributed by atoms with Gasteiger partial charge in [0.05, 0.1) is 4.92 Å². The third-order valence-electron chi connectivity index (χ3n) is 2.38. The predicted molar refractivity (Wildman–Crippen MR) is 68.1 cm³/mol. The number of hydrogen-bond acceptors (Lipinski definition) is 7. The second-order valence-corrected chi connectivity index (χ2v) is 4.77. The van der Waals surface area contributed by atoms with E-state index >= 15 is 0 Å². The van der Waals surface area contributed by atoms with Crippen molar-refractivity contribution in [1.29, 1.82) is 0 Å². The molecule has 0 saturated heterocycles. The molecule has 110 valence electrons. The van der Waals surface area contributed by atoms with E-state index in [9.17, 15) is 19.3 Å². The Morgan fingerprint density at radius 3 is 2.95 bits per heavy atom. The van der Waals surface area contributed by atoms with Crippen molar-refractivity contribution in [1.82, 2.24) is 20.2 Å². The lowest BCUT2D eigenvalue weighted by molar-refractivity contribution is -0.385. The number of nitro benzene ring substituents is 1. The minimum Gasteiger partial charge on any atom is -0.480 e. The molecular weight excluding hydrogens is 305 g/mol. The van der Waals surface area contributed by atoms with Gasteiger partial charge in [0, 0.05) is 17.4 Å². The number of thioether (sulfide) groups is 1. The summed E-state index contributed by atoms with van der Waals surface area (Å²) in [5.74, 6) is -1.68. The summed E-state index contributed by atoms with van der Waals surface area (Å²) in [6, 6.07) is 3.13. The second-order valence-electron chi connectivity index (χ2n) is 3.83. The van der Waals surface area contributed by atoms with Crippen LogP contribution < -0.4 is 0 Å². The Labute approximate surface area is 120 Å². The van der Waals surface area contributed by atoms with E-state index in [1.807, 2.05) is 0 Å². The van der Waals surface area contributed by atoms with E-state index in [4.69, 9.17) is 5.11 Å². The molecule has 9 nitrogen and oxygen atoms in total. The summed E-state index contributed by atoms with van der Waals surface area (Å²) in [7, 11) is 0. The third-order valence-corrected chi connectivity index (χ3v) is 3.39. The molecule has 0 unspecified atom stereocenters. The molecule has 0 aliphatic rings. The van der Waals surface area contributed by atoms with Gasteiger partial charge in [0.1, 0.15) is 12.4 Å². The van der Waals surface area contributed by atoms with Gasteiger partial charge in [-0.15, -0.1) is 5.10 Å². The molecule has 0 spiro atoms. The summed E-state index contributed by atoms with van der Waals surface area (Å²) in [6.45, 7) is -0.430. The fraction of sp³-hybridized carbons (Fsp3) is 0.200. The normalized spacial score (nSPS) is 10.5. The van der Waals surface area contributed by atoms with Gasteiger partial charge in [-0.25, -0.2) is 9.07 Å². The minimum absolute atomic E-state index is 0.0358. The zero-order valence-electron chi connectivity index (χ0n) is 10.3. The fourth-order valence-corrected chi connectivity index (χ4v) is 2.38. The van der Waals surface area contributed by atoms with Crippen LogP contribution >= 0.6 is 11.8 Å². The monoisotopic (exact) mass is 313 g/mol. The Morgan fingerprint density at radius 1 is 1.52 bits per heavy atom. The number of nitro groups is 1. The second kappa shape index (κ2) is 6.26. The molecule has 0 radical (unpaired) electrons.